The van der Waals surface area contributed by atoms with E-state index in [0.29, 0.717) is 25.4 Å². The van der Waals surface area contributed by atoms with Gasteiger partial charge in [-0.2, -0.15) is 0 Å². The number of ether oxygens (including phenoxy) is 3. The van der Waals surface area contributed by atoms with Gasteiger partial charge in [0.15, 0.2) is 0 Å². The van der Waals surface area contributed by atoms with Crippen LogP contribution in [0.2, 0.25) is 0 Å². The lowest BCUT2D eigenvalue weighted by Gasteiger charge is -2.20. The zero-order valence-electron chi connectivity index (χ0n) is 17.0. The van der Waals surface area contributed by atoms with Gasteiger partial charge in [-0.3, -0.25) is 0 Å². The molecule has 0 aliphatic heterocycles. The van der Waals surface area contributed by atoms with Gasteiger partial charge in [0.1, 0.15) is 23.0 Å². The van der Waals surface area contributed by atoms with Crippen molar-refractivity contribution in [3.8, 4) is 23.0 Å². The SMILES string of the molecule is CC(C)c1cc(O)cc(C(C)C)c1OCCCOc1ccc(OC(F)(F)F)cc1. The lowest BCUT2D eigenvalue weighted by molar-refractivity contribution is -0.274. The second-order valence-corrected chi connectivity index (χ2v) is 7.33. The average Bonchev–Trinajstić information content (AvgIpc) is 2.61. The third-order valence-corrected chi connectivity index (χ3v) is 4.24. The summed E-state index contributed by atoms with van der Waals surface area (Å²) in [6, 6.07) is 8.73. The molecule has 0 aliphatic rings. The molecule has 4 nitrogen and oxygen atoms in total. The first-order valence-electron chi connectivity index (χ1n) is 9.55. The van der Waals surface area contributed by atoms with E-state index in [-0.39, 0.29) is 23.3 Å². The number of phenols is 1. The van der Waals surface area contributed by atoms with Gasteiger partial charge >= 0.3 is 6.36 Å². The van der Waals surface area contributed by atoms with Gasteiger partial charge < -0.3 is 19.3 Å². The summed E-state index contributed by atoms with van der Waals surface area (Å²) in [5.41, 5.74) is 1.91. The van der Waals surface area contributed by atoms with E-state index in [1.165, 1.54) is 24.3 Å². The van der Waals surface area contributed by atoms with Crippen LogP contribution < -0.4 is 14.2 Å². The molecule has 0 aromatic heterocycles. The molecule has 0 aliphatic carbocycles. The molecular formula is C22H27F3O4. The van der Waals surface area contributed by atoms with Crippen molar-refractivity contribution in [2.45, 2.75) is 52.3 Å². The molecule has 0 bridgehead atoms. The average molecular weight is 412 g/mol. The van der Waals surface area contributed by atoms with Gasteiger partial charge in [0.2, 0.25) is 0 Å². The van der Waals surface area contributed by atoms with E-state index >= 15 is 0 Å². The Hall–Kier alpha value is -2.57. The lowest BCUT2D eigenvalue weighted by atomic mass is 9.93. The molecule has 0 unspecified atom stereocenters. The number of hydrogen-bond donors (Lipinski definition) is 1. The smallest absolute Gasteiger partial charge is 0.508 e. The highest BCUT2D eigenvalue weighted by Gasteiger charge is 2.31. The van der Waals surface area contributed by atoms with Crippen molar-refractivity contribution in [3.63, 3.8) is 0 Å². The minimum Gasteiger partial charge on any atom is -0.508 e. The molecule has 0 heterocycles. The summed E-state index contributed by atoms with van der Waals surface area (Å²) in [6.45, 7) is 8.94. The zero-order chi connectivity index (χ0) is 21.6. The highest BCUT2D eigenvalue weighted by molar-refractivity contribution is 5.49. The van der Waals surface area contributed by atoms with Crippen LogP contribution in [0.15, 0.2) is 36.4 Å². The number of halogens is 3. The summed E-state index contributed by atoms with van der Waals surface area (Å²) in [5.74, 6) is 1.58. The van der Waals surface area contributed by atoms with E-state index in [4.69, 9.17) is 9.47 Å². The van der Waals surface area contributed by atoms with Gasteiger partial charge in [-0.25, -0.2) is 0 Å². The first-order valence-corrected chi connectivity index (χ1v) is 9.55. The standard InChI is InChI=1S/C22H27F3O4/c1-14(2)19-12-16(26)13-20(15(3)4)21(19)28-11-5-10-27-17-6-8-18(9-7-17)29-22(23,24)25/h6-9,12-15,26H,5,10-11H2,1-4H3. The molecule has 2 aromatic carbocycles. The minimum atomic E-state index is -4.71. The highest BCUT2D eigenvalue weighted by Crippen LogP contribution is 2.38. The van der Waals surface area contributed by atoms with Gasteiger partial charge in [0, 0.05) is 17.5 Å². The molecule has 0 atom stereocenters. The first-order chi connectivity index (χ1) is 13.6. The maximum Gasteiger partial charge on any atom is 0.573 e. The van der Waals surface area contributed by atoms with E-state index < -0.39 is 6.36 Å². The Bertz CT molecular complexity index is 755. The number of aromatic hydroxyl groups is 1. The predicted octanol–water partition coefficient (Wildman–Crippen LogP) is 6.39. The number of benzene rings is 2. The van der Waals surface area contributed by atoms with Gasteiger partial charge in [-0.05, 0) is 48.2 Å². The summed E-state index contributed by atoms with van der Waals surface area (Å²) in [5, 5.41) is 9.99. The Kier molecular flexibility index (Phi) is 7.65. The summed E-state index contributed by atoms with van der Waals surface area (Å²) in [4.78, 5) is 0. The van der Waals surface area contributed by atoms with Gasteiger partial charge in [0.05, 0.1) is 13.2 Å². The van der Waals surface area contributed by atoms with E-state index in [1.54, 1.807) is 12.1 Å². The summed E-state index contributed by atoms with van der Waals surface area (Å²) in [7, 11) is 0. The van der Waals surface area contributed by atoms with Crippen molar-refractivity contribution in [2.75, 3.05) is 13.2 Å². The fourth-order valence-corrected chi connectivity index (χ4v) is 2.84. The number of rotatable bonds is 9. The fourth-order valence-electron chi connectivity index (χ4n) is 2.84. The quantitative estimate of drug-likeness (QED) is 0.485. The van der Waals surface area contributed by atoms with Gasteiger partial charge in [0.25, 0.3) is 0 Å². The molecule has 0 fully saturated rings. The van der Waals surface area contributed by atoms with E-state index in [2.05, 4.69) is 4.74 Å². The lowest BCUT2D eigenvalue weighted by Crippen LogP contribution is -2.17. The van der Waals surface area contributed by atoms with Crippen LogP contribution in [0.1, 0.15) is 57.1 Å². The Morgan fingerprint density at radius 1 is 0.828 bits per heavy atom. The molecule has 2 aromatic rings. The minimum absolute atomic E-state index is 0.197. The van der Waals surface area contributed by atoms with Crippen LogP contribution in [0.3, 0.4) is 0 Å². The zero-order valence-corrected chi connectivity index (χ0v) is 17.0. The molecule has 2 rings (SSSR count). The predicted molar refractivity (Wildman–Crippen MR) is 105 cm³/mol. The normalized spacial score (nSPS) is 11.8. The van der Waals surface area contributed by atoms with Crippen molar-refractivity contribution in [3.05, 3.63) is 47.5 Å². The molecule has 1 N–H and O–H groups in total. The van der Waals surface area contributed by atoms with Crippen molar-refractivity contribution >= 4 is 0 Å². The van der Waals surface area contributed by atoms with E-state index in [0.717, 1.165) is 16.9 Å². The highest BCUT2D eigenvalue weighted by atomic mass is 19.4. The van der Waals surface area contributed by atoms with E-state index in [9.17, 15) is 18.3 Å². The molecule has 160 valence electrons. The van der Waals surface area contributed by atoms with Crippen LogP contribution in [0.25, 0.3) is 0 Å². The fraction of sp³-hybridized carbons (Fsp3) is 0.455. The largest absolute Gasteiger partial charge is 0.573 e. The van der Waals surface area contributed by atoms with Crippen molar-refractivity contribution < 1.29 is 32.5 Å². The Morgan fingerprint density at radius 2 is 1.31 bits per heavy atom. The maximum absolute atomic E-state index is 12.2. The maximum atomic E-state index is 12.2. The monoisotopic (exact) mass is 412 g/mol. The molecule has 29 heavy (non-hydrogen) atoms. The topological polar surface area (TPSA) is 47.9 Å². The number of alkyl halides is 3. The van der Waals surface area contributed by atoms with Crippen LogP contribution in [0.4, 0.5) is 13.2 Å². The summed E-state index contributed by atoms with van der Waals surface area (Å²) < 4.78 is 51.9. The third-order valence-electron chi connectivity index (χ3n) is 4.24. The molecule has 0 spiro atoms. The Balaban J connectivity index is 1.89. The van der Waals surface area contributed by atoms with Crippen molar-refractivity contribution in [1.29, 1.82) is 0 Å². The molecule has 0 saturated carbocycles. The molecular weight excluding hydrogens is 385 g/mol. The van der Waals surface area contributed by atoms with Crippen LogP contribution in [0, 0.1) is 0 Å². The van der Waals surface area contributed by atoms with Crippen molar-refractivity contribution in [2.24, 2.45) is 0 Å². The molecule has 0 amide bonds. The van der Waals surface area contributed by atoms with Crippen LogP contribution in [-0.4, -0.2) is 24.7 Å². The van der Waals surface area contributed by atoms with Crippen molar-refractivity contribution in [1.82, 2.24) is 0 Å². The second kappa shape index (κ2) is 9.76. The van der Waals surface area contributed by atoms with E-state index in [1.807, 2.05) is 27.7 Å². The van der Waals surface area contributed by atoms with Gasteiger partial charge in [-0.15, -0.1) is 13.2 Å². The molecule has 0 radical (unpaired) electrons. The number of phenolic OH excluding ortho intramolecular Hbond substituents is 1. The van der Waals surface area contributed by atoms with Crippen LogP contribution in [-0.2, 0) is 0 Å². The third kappa shape index (κ3) is 7.07. The van der Waals surface area contributed by atoms with Gasteiger partial charge in [-0.1, -0.05) is 27.7 Å². The van der Waals surface area contributed by atoms with Crippen LogP contribution >= 0.6 is 0 Å². The number of hydrogen-bond acceptors (Lipinski definition) is 4. The Labute approximate surface area is 169 Å². The second-order valence-electron chi connectivity index (χ2n) is 7.33. The summed E-state index contributed by atoms with van der Waals surface area (Å²) in [6.07, 6.45) is -4.12. The summed E-state index contributed by atoms with van der Waals surface area (Å²) >= 11 is 0. The first kappa shape index (κ1) is 22.7. The Morgan fingerprint density at radius 3 is 1.79 bits per heavy atom. The molecule has 7 heteroatoms. The van der Waals surface area contributed by atoms with Crippen LogP contribution in [0.5, 0.6) is 23.0 Å². The molecule has 0 saturated heterocycles.